The molecule has 0 spiro atoms. The molecule has 1 atom stereocenters. The topological polar surface area (TPSA) is 105 Å². The number of ether oxygens (including phenoxy) is 1. The van der Waals surface area contributed by atoms with Crippen molar-refractivity contribution in [2.75, 3.05) is 37.3 Å². The first-order chi connectivity index (χ1) is 13.4. The Bertz CT molecular complexity index is 764. The lowest BCUT2D eigenvalue weighted by molar-refractivity contribution is -0.128. The molecule has 28 heavy (non-hydrogen) atoms. The molecule has 1 fully saturated rings. The number of amides is 2. The van der Waals surface area contributed by atoms with E-state index in [1.807, 2.05) is 13.8 Å². The molecule has 1 unspecified atom stereocenters. The lowest BCUT2D eigenvalue weighted by Gasteiger charge is -2.31. The van der Waals surface area contributed by atoms with Gasteiger partial charge in [-0.3, -0.25) is 9.59 Å². The van der Waals surface area contributed by atoms with Crippen molar-refractivity contribution in [3.63, 3.8) is 0 Å². The molecule has 0 aliphatic carbocycles. The summed E-state index contributed by atoms with van der Waals surface area (Å²) in [5.74, 6) is -0.263. The Kier molecular flexibility index (Phi) is 8.25. The molecule has 2 N–H and O–H groups in total. The smallest absolute Gasteiger partial charge is 0.243 e. The zero-order chi connectivity index (χ0) is 20.6. The second kappa shape index (κ2) is 10.4. The molecule has 1 aliphatic heterocycles. The van der Waals surface area contributed by atoms with Crippen LogP contribution < -0.4 is 15.4 Å². The van der Waals surface area contributed by atoms with Crippen molar-refractivity contribution in [1.29, 1.82) is 0 Å². The van der Waals surface area contributed by atoms with Crippen LogP contribution in [0, 0.1) is 5.92 Å². The quantitative estimate of drug-likeness (QED) is 0.642. The number of carbonyl (C=O) groups excluding carboxylic acids is 2. The molecule has 0 bridgehead atoms. The third-order valence-electron chi connectivity index (χ3n) is 4.48. The van der Waals surface area contributed by atoms with Crippen LogP contribution in [0.2, 0.25) is 0 Å². The summed E-state index contributed by atoms with van der Waals surface area (Å²) in [7, 11) is -3.32. The standard InChI is InChI=1S/C19H29N3O5S/c1-3-12-28(25,26)22-11-5-6-15(14-22)19(24)20-13-18(23)21-16-7-9-17(10-8-16)27-4-2/h7-10,15H,3-6,11-14H2,1-2H3,(H,20,24)(H,21,23). The van der Waals surface area contributed by atoms with Gasteiger partial charge in [-0.1, -0.05) is 6.92 Å². The summed E-state index contributed by atoms with van der Waals surface area (Å²) in [5, 5.41) is 5.31. The van der Waals surface area contributed by atoms with E-state index in [-0.39, 0.29) is 30.7 Å². The number of carbonyl (C=O) groups is 2. The Morgan fingerprint density at radius 1 is 1.21 bits per heavy atom. The zero-order valence-corrected chi connectivity index (χ0v) is 17.3. The molecule has 9 heteroatoms. The molecular formula is C19H29N3O5S. The molecule has 1 aromatic carbocycles. The minimum Gasteiger partial charge on any atom is -0.494 e. The van der Waals surface area contributed by atoms with Gasteiger partial charge in [-0.15, -0.1) is 0 Å². The molecule has 1 saturated heterocycles. The lowest BCUT2D eigenvalue weighted by Crippen LogP contribution is -2.47. The van der Waals surface area contributed by atoms with E-state index in [1.165, 1.54) is 4.31 Å². The van der Waals surface area contributed by atoms with Gasteiger partial charge < -0.3 is 15.4 Å². The lowest BCUT2D eigenvalue weighted by atomic mass is 9.99. The molecule has 1 aliphatic rings. The third kappa shape index (κ3) is 6.49. The summed E-state index contributed by atoms with van der Waals surface area (Å²) in [4.78, 5) is 24.4. The molecule has 1 aromatic rings. The van der Waals surface area contributed by atoms with Gasteiger partial charge in [0.25, 0.3) is 0 Å². The van der Waals surface area contributed by atoms with Crippen molar-refractivity contribution in [2.45, 2.75) is 33.1 Å². The van der Waals surface area contributed by atoms with Crippen LogP contribution in [-0.4, -0.2) is 56.5 Å². The highest BCUT2D eigenvalue weighted by Gasteiger charge is 2.31. The first-order valence-corrected chi connectivity index (χ1v) is 11.2. The van der Waals surface area contributed by atoms with E-state index in [2.05, 4.69) is 10.6 Å². The van der Waals surface area contributed by atoms with Crippen LogP contribution in [0.15, 0.2) is 24.3 Å². The van der Waals surface area contributed by atoms with Crippen LogP contribution in [0.1, 0.15) is 33.1 Å². The van der Waals surface area contributed by atoms with E-state index in [0.717, 1.165) is 0 Å². The Hall–Kier alpha value is -2.13. The van der Waals surface area contributed by atoms with Crippen molar-refractivity contribution < 1.29 is 22.7 Å². The SMILES string of the molecule is CCCS(=O)(=O)N1CCCC(C(=O)NCC(=O)Nc2ccc(OCC)cc2)C1. The van der Waals surface area contributed by atoms with Crippen molar-refractivity contribution in [3.05, 3.63) is 24.3 Å². The Morgan fingerprint density at radius 2 is 1.93 bits per heavy atom. The minimum atomic E-state index is -3.32. The van der Waals surface area contributed by atoms with Crippen LogP contribution in [0.3, 0.4) is 0 Å². The Morgan fingerprint density at radius 3 is 2.57 bits per heavy atom. The second-order valence-corrected chi connectivity index (χ2v) is 8.83. The van der Waals surface area contributed by atoms with Gasteiger partial charge in [-0.05, 0) is 50.5 Å². The predicted octanol–water partition coefficient (Wildman–Crippen LogP) is 1.59. The number of sulfonamides is 1. The highest BCUT2D eigenvalue weighted by Crippen LogP contribution is 2.20. The highest BCUT2D eigenvalue weighted by molar-refractivity contribution is 7.89. The number of nitrogens with zero attached hydrogens (tertiary/aromatic N) is 1. The maximum Gasteiger partial charge on any atom is 0.243 e. The van der Waals surface area contributed by atoms with E-state index in [1.54, 1.807) is 24.3 Å². The first-order valence-electron chi connectivity index (χ1n) is 9.64. The summed E-state index contributed by atoms with van der Waals surface area (Å²) in [6.45, 7) is 4.73. The summed E-state index contributed by atoms with van der Waals surface area (Å²) in [6.07, 6.45) is 1.80. The number of hydrogen-bond acceptors (Lipinski definition) is 5. The van der Waals surface area contributed by atoms with Gasteiger partial charge in [0.1, 0.15) is 5.75 Å². The monoisotopic (exact) mass is 411 g/mol. The summed E-state index contributed by atoms with van der Waals surface area (Å²) >= 11 is 0. The summed E-state index contributed by atoms with van der Waals surface area (Å²) in [5.41, 5.74) is 0.609. The van der Waals surface area contributed by atoms with E-state index < -0.39 is 15.9 Å². The number of piperidine rings is 1. The molecule has 156 valence electrons. The average Bonchev–Trinajstić information content (AvgIpc) is 2.68. The summed E-state index contributed by atoms with van der Waals surface area (Å²) < 4.78 is 31.2. The van der Waals surface area contributed by atoms with Crippen molar-refractivity contribution in [2.24, 2.45) is 5.92 Å². The van der Waals surface area contributed by atoms with Crippen molar-refractivity contribution in [1.82, 2.24) is 9.62 Å². The van der Waals surface area contributed by atoms with Gasteiger partial charge in [0.05, 0.1) is 24.8 Å². The molecule has 2 amide bonds. The van der Waals surface area contributed by atoms with Crippen LogP contribution in [0.4, 0.5) is 5.69 Å². The van der Waals surface area contributed by atoms with E-state index in [9.17, 15) is 18.0 Å². The maximum atomic E-state index is 12.4. The predicted molar refractivity (Wildman–Crippen MR) is 108 cm³/mol. The molecule has 1 heterocycles. The molecule has 0 radical (unpaired) electrons. The van der Waals surface area contributed by atoms with Crippen LogP contribution in [0.25, 0.3) is 0 Å². The fraction of sp³-hybridized carbons (Fsp3) is 0.579. The fourth-order valence-electron chi connectivity index (χ4n) is 3.11. The Labute approximate surface area is 166 Å². The summed E-state index contributed by atoms with van der Waals surface area (Å²) in [6, 6.07) is 6.96. The third-order valence-corrected chi connectivity index (χ3v) is 6.53. The number of benzene rings is 1. The van der Waals surface area contributed by atoms with Crippen molar-refractivity contribution >= 4 is 27.5 Å². The molecule has 0 saturated carbocycles. The average molecular weight is 412 g/mol. The van der Waals surface area contributed by atoms with Gasteiger partial charge in [0, 0.05) is 18.8 Å². The zero-order valence-electron chi connectivity index (χ0n) is 16.4. The second-order valence-electron chi connectivity index (χ2n) is 6.74. The van der Waals surface area contributed by atoms with Gasteiger partial charge in [0.2, 0.25) is 21.8 Å². The number of hydrogen-bond donors (Lipinski definition) is 2. The van der Waals surface area contributed by atoms with Gasteiger partial charge >= 0.3 is 0 Å². The van der Waals surface area contributed by atoms with Crippen molar-refractivity contribution in [3.8, 4) is 5.75 Å². The number of rotatable bonds is 9. The first kappa shape index (κ1) is 22.2. The van der Waals surface area contributed by atoms with E-state index >= 15 is 0 Å². The molecular weight excluding hydrogens is 382 g/mol. The fourth-order valence-corrected chi connectivity index (χ4v) is 4.70. The molecule has 2 rings (SSSR count). The maximum absolute atomic E-state index is 12.4. The van der Waals surface area contributed by atoms with E-state index in [4.69, 9.17) is 4.74 Å². The minimum absolute atomic E-state index is 0.0891. The highest BCUT2D eigenvalue weighted by atomic mass is 32.2. The van der Waals surface area contributed by atoms with Crippen LogP contribution in [0.5, 0.6) is 5.75 Å². The van der Waals surface area contributed by atoms with Gasteiger partial charge in [-0.25, -0.2) is 12.7 Å². The largest absolute Gasteiger partial charge is 0.494 e. The van der Waals surface area contributed by atoms with Crippen LogP contribution in [-0.2, 0) is 19.6 Å². The molecule has 0 aromatic heterocycles. The van der Waals surface area contributed by atoms with Gasteiger partial charge in [0.15, 0.2) is 0 Å². The Balaban J connectivity index is 1.81. The number of anilines is 1. The van der Waals surface area contributed by atoms with Gasteiger partial charge in [-0.2, -0.15) is 0 Å². The van der Waals surface area contributed by atoms with Crippen LogP contribution >= 0.6 is 0 Å². The number of nitrogens with one attached hydrogen (secondary N) is 2. The van der Waals surface area contributed by atoms with E-state index in [0.29, 0.717) is 43.9 Å². The normalized spacial score (nSPS) is 17.7. The molecule has 8 nitrogen and oxygen atoms in total.